The number of carbonyl (C=O) groups excluding carboxylic acids is 2. The van der Waals surface area contributed by atoms with Crippen LogP contribution in [0.25, 0.3) is 0 Å². The van der Waals surface area contributed by atoms with E-state index in [-0.39, 0.29) is 11.8 Å². The number of ether oxygens (including phenoxy) is 1. The first-order chi connectivity index (χ1) is 14.1. The van der Waals surface area contributed by atoms with Gasteiger partial charge in [-0.15, -0.1) is 0 Å². The summed E-state index contributed by atoms with van der Waals surface area (Å²) in [6.45, 7) is 4.93. The maximum atomic E-state index is 13.0. The highest BCUT2D eigenvalue weighted by Gasteiger charge is 2.29. The van der Waals surface area contributed by atoms with Crippen LogP contribution in [-0.4, -0.2) is 36.4 Å². The molecule has 0 radical (unpaired) electrons. The zero-order valence-electron chi connectivity index (χ0n) is 17.7. The molecule has 29 heavy (non-hydrogen) atoms. The molecular formula is C24H32N2O3. The van der Waals surface area contributed by atoms with Crippen molar-refractivity contribution in [3.63, 3.8) is 0 Å². The fourth-order valence-electron chi connectivity index (χ4n) is 3.19. The molecule has 0 aliphatic heterocycles. The third-order valence-electron chi connectivity index (χ3n) is 4.92. The fraction of sp³-hybridized carbons (Fsp3) is 0.417. The van der Waals surface area contributed by atoms with Gasteiger partial charge in [0.2, 0.25) is 11.8 Å². The summed E-state index contributed by atoms with van der Waals surface area (Å²) in [4.78, 5) is 27.6. The first-order valence-electron chi connectivity index (χ1n) is 10.3. The summed E-state index contributed by atoms with van der Waals surface area (Å²) in [6.07, 6.45) is 2.77. The SMILES string of the molecule is CCCCNC(=O)[C@H](Cc1ccccc1)N(Cc1ccc(OC)cc1)C(=O)CC. The van der Waals surface area contributed by atoms with Crippen LogP contribution in [0, 0.1) is 0 Å². The van der Waals surface area contributed by atoms with E-state index in [1.807, 2.05) is 61.5 Å². The van der Waals surface area contributed by atoms with Gasteiger partial charge in [-0.25, -0.2) is 0 Å². The van der Waals surface area contributed by atoms with Crippen molar-refractivity contribution in [1.29, 1.82) is 0 Å². The number of benzene rings is 2. The van der Waals surface area contributed by atoms with Crippen LogP contribution in [0.4, 0.5) is 0 Å². The lowest BCUT2D eigenvalue weighted by Gasteiger charge is -2.31. The predicted molar refractivity (Wildman–Crippen MR) is 116 cm³/mol. The van der Waals surface area contributed by atoms with Crippen LogP contribution in [0.5, 0.6) is 5.75 Å². The van der Waals surface area contributed by atoms with Crippen LogP contribution in [0.2, 0.25) is 0 Å². The number of hydrogen-bond acceptors (Lipinski definition) is 3. The maximum Gasteiger partial charge on any atom is 0.243 e. The standard InChI is InChI=1S/C24H32N2O3/c1-4-6-16-25-24(28)22(17-19-10-8-7-9-11-19)26(23(27)5-2)18-20-12-14-21(29-3)15-13-20/h7-15,22H,4-6,16-18H2,1-3H3,(H,25,28)/t22-/m0/s1. The normalized spacial score (nSPS) is 11.6. The Kier molecular flexibility index (Phi) is 9.22. The van der Waals surface area contributed by atoms with E-state index < -0.39 is 6.04 Å². The topological polar surface area (TPSA) is 58.6 Å². The van der Waals surface area contributed by atoms with Crippen LogP contribution in [0.15, 0.2) is 54.6 Å². The highest BCUT2D eigenvalue weighted by molar-refractivity contribution is 5.87. The lowest BCUT2D eigenvalue weighted by atomic mass is 10.0. The molecule has 1 atom stereocenters. The van der Waals surface area contributed by atoms with Crippen LogP contribution < -0.4 is 10.1 Å². The van der Waals surface area contributed by atoms with Gasteiger partial charge in [0.25, 0.3) is 0 Å². The molecule has 0 unspecified atom stereocenters. The summed E-state index contributed by atoms with van der Waals surface area (Å²) in [6, 6.07) is 16.9. The van der Waals surface area contributed by atoms with Crippen molar-refractivity contribution in [2.24, 2.45) is 0 Å². The number of nitrogens with one attached hydrogen (secondary N) is 1. The molecule has 0 saturated carbocycles. The molecule has 2 rings (SSSR count). The van der Waals surface area contributed by atoms with E-state index in [2.05, 4.69) is 12.2 Å². The molecule has 2 aromatic carbocycles. The summed E-state index contributed by atoms with van der Waals surface area (Å²) in [5.74, 6) is 0.630. The Morgan fingerprint density at radius 2 is 1.69 bits per heavy atom. The van der Waals surface area contributed by atoms with E-state index in [0.717, 1.165) is 29.7 Å². The number of hydrogen-bond donors (Lipinski definition) is 1. The first-order valence-corrected chi connectivity index (χ1v) is 10.3. The van der Waals surface area contributed by atoms with E-state index in [1.54, 1.807) is 12.0 Å². The number of carbonyl (C=O) groups is 2. The second kappa shape index (κ2) is 11.9. The van der Waals surface area contributed by atoms with E-state index in [9.17, 15) is 9.59 Å². The summed E-state index contributed by atoms with van der Waals surface area (Å²) in [5.41, 5.74) is 2.00. The Balaban J connectivity index is 2.28. The van der Waals surface area contributed by atoms with Crippen molar-refractivity contribution in [2.75, 3.05) is 13.7 Å². The molecule has 0 heterocycles. The number of amides is 2. The Morgan fingerprint density at radius 1 is 1.00 bits per heavy atom. The Labute approximate surface area is 174 Å². The van der Waals surface area contributed by atoms with Crippen molar-refractivity contribution in [3.8, 4) is 5.75 Å². The second-order valence-electron chi connectivity index (χ2n) is 7.07. The van der Waals surface area contributed by atoms with Gasteiger partial charge in [0.1, 0.15) is 11.8 Å². The quantitative estimate of drug-likeness (QED) is 0.585. The highest BCUT2D eigenvalue weighted by Crippen LogP contribution is 2.18. The number of unbranched alkanes of at least 4 members (excludes halogenated alkanes) is 1. The van der Waals surface area contributed by atoms with Crippen molar-refractivity contribution in [3.05, 3.63) is 65.7 Å². The molecule has 156 valence electrons. The molecule has 0 aliphatic rings. The van der Waals surface area contributed by atoms with Gasteiger partial charge in [0, 0.05) is 25.9 Å². The third kappa shape index (κ3) is 6.93. The summed E-state index contributed by atoms with van der Waals surface area (Å²) in [7, 11) is 1.62. The molecule has 2 amide bonds. The van der Waals surface area contributed by atoms with Crippen molar-refractivity contribution in [2.45, 2.75) is 52.1 Å². The zero-order valence-corrected chi connectivity index (χ0v) is 17.7. The molecule has 2 aromatic rings. The van der Waals surface area contributed by atoms with Crippen LogP contribution in [-0.2, 0) is 22.6 Å². The van der Waals surface area contributed by atoms with Gasteiger partial charge in [-0.3, -0.25) is 9.59 Å². The molecule has 0 saturated heterocycles. The van der Waals surface area contributed by atoms with Crippen LogP contribution in [0.3, 0.4) is 0 Å². The van der Waals surface area contributed by atoms with E-state index in [1.165, 1.54) is 0 Å². The Morgan fingerprint density at radius 3 is 2.28 bits per heavy atom. The minimum Gasteiger partial charge on any atom is -0.497 e. The fourth-order valence-corrected chi connectivity index (χ4v) is 3.19. The second-order valence-corrected chi connectivity index (χ2v) is 7.07. The highest BCUT2D eigenvalue weighted by atomic mass is 16.5. The molecular weight excluding hydrogens is 364 g/mol. The van der Waals surface area contributed by atoms with Crippen LogP contribution >= 0.6 is 0 Å². The van der Waals surface area contributed by atoms with Crippen molar-refractivity contribution < 1.29 is 14.3 Å². The summed E-state index contributed by atoms with van der Waals surface area (Å²) >= 11 is 0. The maximum absolute atomic E-state index is 13.0. The van der Waals surface area contributed by atoms with Crippen LogP contribution in [0.1, 0.15) is 44.2 Å². The molecule has 1 N–H and O–H groups in total. The Hall–Kier alpha value is -2.82. The molecule has 0 aromatic heterocycles. The minimum absolute atomic E-state index is 0.0348. The van der Waals surface area contributed by atoms with Gasteiger partial charge >= 0.3 is 0 Å². The van der Waals surface area contributed by atoms with Crippen molar-refractivity contribution in [1.82, 2.24) is 10.2 Å². The average molecular weight is 397 g/mol. The number of rotatable bonds is 11. The van der Waals surface area contributed by atoms with Gasteiger partial charge in [0.15, 0.2) is 0 Å². The molecule has 0 aliphatic carbocycles. The molecule has 0 spiro atoms. The largest absolute Gasteiger partial charge is 0.497 e. The first kappa shape index (κ1) is 22.5. The van der Waals surface area contributed by atoms with Gasteiger partial charge < -0.3 is 15.0 Å². The third-order valence-corrected chi connectivity index (χ3v) is 4.92. The molecule has 5 nitrogen and oxygen atoms in total. The summed E-state index contributed by atoms with van der Waals surface area (Å²) < 4.78 is 5.22. The lowest BCUT2D eigenvalue weighted by Crippen LogP contribution is -2.50. The van der Waals surface area contributed by atoms with Gasteiger partial charge in [-0.2, -0.15) is 0 Å². The van der Waals surface area contributed by atoms with E-state index in [4.69, 9.17) is 4.74 Å². The van der Waals surface area contributed by atoms with E-state index >= 15 is 0 Å². The number of methoxy groups -OCH3 is 1. The van der Waals surface area contributed by atoms with Gasteiger partial charge in [-0.1, -0.05) is 62.7 Å². The zero-order chi connectivity index (χ0) is 21.1. The van der Waals surface area contributed by atoms with Gasteiger partial charge in [0.05, 0.1) is 7.11 Å². The molecule has 5 heteroatoms. The Bertz CT molecular complexity index is 759. The predicted octanol–water partition coefficient (Wildman–Crippen LogP) is 3.96. The molecule has 0 fully saturated rings. The summed E-state index contributed by atoms with van der Waals surface area (Å²) in [5, 5.41) is 3.01. The van der Waals surface area contributed by atoms with E-state index in [0.29, 0.717) is 25.9 Å². The van der Waals surface area contributed by atoms with Gasteiger partial charge in [-0.05, 0) is 29.7 Å². The molecule has 0 bridgehead atoms. The smallest absolute Gasteiger partial charge is 0.243 e. The average Bonchev–Trinajstić information content (AvgIpc) is 2.76. The monoisotopic (exact) mass is 396 g/mol. The lowest BCUT2D eigenvalue weighted by molar-refractivity contribution is -0.141. The minimum atomic E-state index is -0.552. The number of nitrogens with zero attached hydrogens (tertiary/aromatic N) is 1. The van der Waals surface area contributed by atoms with Crippen molar-refractivity contribution >= 4 is 11.8 Å².